The first kappa shape index (κ1) is 16.3. The van der Waals surface area contributed by atoms with Gasteiger partial charge in [0.1, 0.15) is 5.75 Å². The maximum atomic E-state index is 12.6. The van der Waals surface area contributed by atoms with Crippen molar-refractivity contribution in [3.63, 3.8) is 0 Å². The summed E-state index contributed by atoms with van der Waals surface area (Å²) in [4.78, 5) is 2.63. The van der Waals surface area contributed by atoms with E-state index in [1.165, 1.54) is 0 Å². The highest BCUT2D eigenvalue weighted by molar-refractivity contribution is 7.89. The maximum absolute atomic E-state index is 12.6. The van der Waals surface area contributed by atoms with Gasteiger partial charge in [0.25, 0.3) is 0 Å². The van der Waals surface area contributed by atoms with Gasteiger partial charge in [-0.25, -0.2) is 8.42 Å². The van der Waals surface area contributed by atoms with Gasteiger partial charge < -0.3 is 4.74 Å². The van der Waals surface area contributed by atoms with Crippen molar-refractivity contribution in [2.45, 2.75) is 31.7 Å². The van der Waals surface area contributed by atoms with Crippen molar-refractivity contribution in [1.29, 1.82) is 0 Å². The van der Waals surface area contributed by atoms with E-state index in [4.69, 9.17) is 4.74 Å². The fraction of sp³-hybridized carbons (Fsp3) is 0.600. The molecule has 1 aromatic rings. The van der Waals surface area contributed by atoms with Gasteiger partial charge in [0.15, 0.2) is 0 Å². The number of hydrogen-bond donors (Lipinski definition) is 0. The molecule has 0 aromatic heterocycles. The lowest BCUT2D eigenvalue weighted by Gasteiger charge is -2.36. The molecular formula is C15H24N2O3S. The molecule has 0 bridgehead atoms. The molecule has 2 rings (SSSR count). The van der Waals surface area contributed by atoms with Gasteiger partial charge in [-0.2, -0.15) is 4.31 Å². The summed E-state index contributed by atoms with van der Waals surface area (Å²) < 4.78 is 32.1. The molecule has 118 valence electrons. The van der Waals surface area contributed by atoms with Crippen LogP contribution in [0.4, 0.5) is 0 Å². The van der Waals surface area contributed by atoms with Crippen LogP contribution in [0, 0.1) is 0 Å². The zero-order chi connectivity index (χ0) is 15.5. The summed E-state index contributed by atoms with van der Waals surface area (Å²) in [6, 6.07) is 7.12. The van der Waals surface area contributed by atoms with Crippen molar-refractivity contribution < 1.29 is 13.2 Å². The van der Waals surface area contributed by atoms with E-state index in [1.807, 2.05) is 6.92 Å². The van der Waals surface area contributed by atoms with Crippen LogP contribution in [0.1, 0.15) is 20.8 Å². The average Bonchev–Trinajstić information content (AvgIpc) is 2.48. The average molecular weight is 312 g/mol. The first-order valence-electron chi connectivity index (χ1n) is 7.42. The second-order valence-corrected chi connectivity index (χ2v) is 7.38. The summed E-state index contributed by atoms with van der Waals surface area (Å²) in [6.45, 7) is 9.42. The summed E-state index contributed by atoms with van der Waals surface area (Å²) in [7, 11) is -3.39. The summed E-state index contributed by atoms with van der Waals surface area (Å²) in [5, 5.41) is 0. The molecule has 1 aromatic carbocycles. The highest BCUT2D eigenvalue weighted by atomic mass is 32.2. The second-order valence-electron chi connectivity index (χ2n) is 5.44. The van der Waals surface area contributed by atoms with Gasteiger partial charge in [0, 0.05) is 32.2 Å². The molecule has 0 atom stereocenters. The summed E-state index contributed by atoms with van der Waals surface area (Å²) >= 11 is 0. The van der Waals surface area contributed by atoms with Crippen LogP contribution < -0.4 is 4.74 Å². The third kappa shape index (κ3) is 3.75. The molecule has 1 aliphatic rings. The number of rotatable bonds is 5. The molecule has 21 heavy (non-hydrogen) atoms. The van der Waals surface area contributed by atoms with Crippen LogP contribution >= 0.6 is 0 Å². The molecule has 1 aliphatic heterocycles. The summed E-state index contributed by atoms with van der Waals surface area (Å²) in [5.74, 6) is 0.695. The zero-order valence-corrected chi connectivity index (χ0v) is 13.8. The lowest BCUT2D eigenvalue weighted by Crippen LogP contribution is -2.50. The zero-order valence-electron chi connectivity index (χ0n) is 12.9. The fourth-order valence-electron chi connectivity index (χ4n) is 2.48. The quantitative estimate of drug-likeness (QED) is 0.832. The third-order valence-electron chi connectivity index (χ3n) is 3.78. The molecule has 0 aliphatic carbocycles. The van der Waals surface area contributed by atoms with Crippen LogP contribution in [-0.2, 0) is 10.0 Å². The van der Waals surface area contributed by atoms with Crippen molar-refractivity contribution in [2.24, 2.45) is 0 Å². The third-order valence-corrected chi connectivity index (χ3v) is 5.69. The number of ether oxygens (including phenoxy) is 1. The van der Waals surface area contributed by atoms with E-state index < -0.39 is 10.0 Å². The Morgan fingerprint density at radius 1 is 1.10 bits per heavy atom. The standard InChI is InChI=1S/C15H24N2O3S/c1-4-20-14-5-7-15(8-6-14)21(18,19)17-11-9-16(10-12-17)13(2)3/h5-8,13H,4,9-12H2,1-3H3. The van der Waals surface area contributed by atoms with Crippen LogP contribution in [-0.4, -0.2) is 56.5 Å². The van der Waals surface area contributed by atoms with E-state index in [9.17, 15) is 8.42 Å². The minimum Gasteiger partial charge on any atom is -0.494 e. The van der Waals surface area contributed by atoms with Crippen molar-refractivity contribution >= 4 is 10.0 Å². The summed E-state index contributed by atoms with van der Waals surface area (Å²) in [6.07, 6.45) is 0. The Hall–Kier alpha value is -1.11. The Labute approximate surface area is 127 Å². The number of sulfonamides is 1. The van der Waals surface area contributed by atoms with Crippen molar-refractivity contribution in [3.8, 4) is 5.75 Å². The predicted octanol–water partition coefficient (Wildman–Crippen LogP) is 1.80. The minimum absolute atomic E-state index is 0.337. The molecule has 1 saturated heterocycles. The van der Waals surface area contributed by atoms with Crippen molar-refractivity contribution in [1.82, 2.24) is 9.21 Å². The number of nitrogens with zero attached hydrogens (tertiary/aromatic N) is 2. The van der Waals surface area contributed by atoms with Crippen LogP contribution in [0.2, 0.25) is 0 Å². The van der Waals surface area contributed by atoms with Gasteiger partial charge >= 0.3 is 0 Å². The molecular weight excluding hydrogens is 288 g/mol. The smallest absolute Gasteiger partial charge is 0.243 e. The lowest BCUT2D eigenvalue weighted by atomic mass is 10.3. The molecule has 1 fully saturated rings. The van der Waals surface area contributed by atoms with Crippen LogP contribution in [0.15, 0.2) is 29.2 Å². The van der Waals surface area contributed by atoms with E-state index in [2.05, 4.69) is 18.7 Å². The monoisotopic (exact) mass is 312 g/mol. The van der Waals surface area contributed by atoms with E-state index in [-0.39, 0.29) is 0 Å². The Morgan fingerprint density at radius 3 is 2.14 bits per heavy atom. The van der Waals surface area contributed by atoms with Crippen molar-refractivity contribution in [3.05, 3.63) is 24.3 Å². The number of hydrogen-bond acceptors (Lipinski definition) is 4. The first-order valence-corrected chi connectivity index (χ1v) is 8.86. The molecule has 6 heteroatoms. The maximum Gasteiger partial charge on any atom is 0.243 e. The molecule has 0 saturated carbocycles. The van der Waals surface area contributed by atoms with E-state index in [0.717, 1.165) is 13.1 Å². The molecule has 1 heterocycles. The first-order chi connectivity index (χ1) is 9.95. The van der Waals surface area contributed by atoms with Gasteiger partial charge in [-0.15, -0.1) is 0 Å². The lowest BCUT2D eigenvalue weighted by molar-refractivity contribution is 0.154. The summed E-state index contributed by atoms with van der Waals surface area (Å²) in [5.41, 5.74) is 0. The molecule has 5 nitrogen and oxygen atoms in total. The largest absolute Gasteiger partial charge is 0.494 e. The van der Waals surface area contributed by atoms with Gasteiger partial charge in [-0.3, -0.25) is 4.90 Å². The van der Waals surface area contributed by atoms with Gasteiger partial charge in [-0.1, -0.05) is 0 Å². The van der Waals surface area contributed by atoms with Gasteiger partial charge in [0.2, 0.25) is 10.0 Å². The minimum atomic E-state index is -3.39. The Kier molecular flexibility index (Phi) is 5.24. The van der Waals surface area contributed by atoms with Crippen LogP contribution in [0.5, 0.6) is 5.75 Å². The number of benzene rings is 1. The van der Waals surface area contributed by atoms with E-state index in [0.29, 0.717) is 36.4 Å². The Bertz CT molecular complexity index is 547. The molecule has 0 radical (unpaired) electrons. The van der Waals surface area contributed by atoms with Crippen LogP contribution in [0.3, 0.4) is 0 Å². The number of piperazine rings is 1. The van der Waals surface area contributed by atoms with Gasteiger partial charge in [0.05, 0.1) is 11.5 Å². The predicted molar refractivity (Wildman–Crippen MR) is 83.1 cm³/mol. The van der Waals surface area contributed by atoms with E-state index in [1.54, 1.807) is 28.6 Å². The Morgan fingerprint density at radius 2 is 1.67 bits per heavy atom. The topological polar surface area (TPSA) is 49.9 Å². The Balaban J connectivity index is 2.08. The highest BCUT2D eigenvalue weighted by Gasteiger charge is 2.29. The van der Waals surface area contributed by atoms with Crippen molar-refractivity contribution in [2.75, 3.05) is 32.8 Å². The highest BCUT2D eigenvalue weighted by Crippen LogP contribution is 2.21. The second kappa shape index (κ2) is 6.77. The molecule has 0 amide bonds. The van der Waals surface area contributed by atoms with Gasteiger partial charge in [-0.05, 0) is 45.0 Å². The fourth-order valence-corrected chi connectivity index (χ4v) is 3.91. The molecule has 0 spiro atoms. The normalized spacial score (nSPS) is 18.1. The van der Waals surface area contributed by atoms with E-state index >= 15 is 0 Å². The van der Waals surface area contributed by atoms with Crippen LogP contribution in [0.25, 0.3) is 0 Å². The molecule has 0 N–H and O–H groups in total. The molecule has 0 unspecified atom stereocenters. The SMILES string of the molecule is CCOc1ccc(S(=O)(=O)N2CCN(C(C)C)CC2)cc1.